The second-order valence-corrected chi connectivity index (χ2v) is 4.92. The highest BCUT2D eigenvalue weighted by molar-refractivity contribution is 4.91. The third kappa shape index (κ3) is 1.99. The van der Waals surface area contributed by atoms with Crippen molar-refractivity contribution in [3.8, 4) is 0 Å². The number of rotatable bonds is 1. The molecule has 1 saturated heterocycles. The topological polar surface area (TPSA) is 15.3 Å². The Labute approximate surface area is 76.3 Å². The lowest BCUT2D eigenvalue weighted by Crippen LogP contribution is -2.61. The highest BCUT2D eigenvalue weighted by Crippen LogP contribution is 2.18. The largest absolute Gasteiger partial charge is 0.311 e. The molecule has 1 aliphatic heterocycles. The fourth-order valence-corrected chi connectivity index (χ4v) is 1.57. The summed E-state index contributed by atoms with van der Waals surface area (Å²) in [6, 6.07) is 0.669. The molecule has 0 aliphatic carbocycles. The van der Waals surface area contributed by atoms with Gasteiger partial charge in [0.25, 0.3) is 0 Å². The van der Waals surface area contributed by atoms with Gasteiger partial charge in [-0.3, -0.25) is 4.90 Å². The maximum atomic E-state index is 3.60. The van der Waals surface area contributed by atoms with Crippen molar-refractivity contribution in [2.75, 3.05) is 20.1 Å². The van der Waals surface area contributed by atoms with Crippen LogP contribution in [0.2, 0.25) is 0 Å². The zero-order valence-corrected chi connectivity index (χ0v) is 9.02. The Hall–Kier alpha value is -0.0800. The molecule has 0 aromatic carbocycles. The van der Waals surface area contributed by atoms with Crippen LogP contribution in [0.3, 0.4) is 0 Å². The maximum Gasteiger partial charge on any atom is 0.0275 e. The van der Waals surface area contributed by atoms with E-state index in [4.69, 9.17) is 0 Å². The van der Waals surface area contributed by atoms with Crippen molar-refractivity contribution < 1.29 is 0 Å². The third-order valence-corrected chi connectivity index (χ3v) is 3.11. The van der Waals surface area contributed by atoms with E-state index in [1.54, 1.807) is 0 Å². The number of hydrogen-bond acceptors (Lipinski definition) is 2. The van der Waals surface area contributed by atoms with E-state index in [0.717, 1.165) is 12.5 Å². The Morgan fingerprint density at radius 3 is 2.42 bits per heavy atom. The lowest BCUT2D eigenvalue weighted by molar-refractivity contribution is 0.0809. The van der Waals surface area contributed by atoms with Crippen LogP contribution in [0.4, 0.5) is 0 Å². The Morgan fingerprint density at radius 1 is 1.42 bits per heavy atom. The summed E-state index contributed by atoms with van der Waals surface area (Å²) in [5.74, 6) is 0.739. The molecule has 1 aliphatic rings. The van der Waals surface area contributed by atoms with Crippen molar-refractivity contribution in [1.29, 1.82) is 0 Å². The van der Waals surface area contributed by atoms with Crippen LogP contribution in [0.5, 0.6) is 0 Å². The van der Waals surface area contributed by atoms with Gasteiger partial charge in [0.1, 0.15) is 0 Å². The normalized spacial score (nSPS) is 31.0. The number of piperazine rings is 1. The van der Waals surface area contributed by atoms with Crippen molar-refractivity contribution in [3.05, 3.63) is 0 Å². The molecule has 1 rings (SSSR count). The summed E-state index contributed by atoms with van der Waals surface area (Å²) >= 11 is 0. The van der Waals surface area contributed by atoms with Crippen LogP contribution in [-0.4, -0.2) is 36.6 Å². The molecule has 0 aromatic rings. The number of hydrogen-bond donors (Lipinski definition) is 1. The quantitative estimate of drug-likeness (QED) is 0.638. The summed E-state index contributed by atoms with van der Waals surface area (Å²) < 4.78 is 0. The molecule has 2 nitrogen and oxygen atoms in total. The third-order valence-electron chi connectivity index (χ3n) is 3.11. The van der Waals surface area contributed by atoms with Crippen LogP contribution in [0, 0.1) is 5.92 Å². The van der Waals surface area contributed by atoms with E-state index >= 15 is 0 Å². The van der Waals surface area contributed by atoms with E-state index in [0.29, 0.717) is 11.6 Å². The van der Waals surface area contributed by atoms with Gasteiger partial charge in [-0.15, -0.1) is 0 Å². The first kappa shape index (κ1) is 10.0. The summed E-state index contributed by atoms with van der Waals surface area (Å²) in [6.45, 7) is 11.4. The van der Waals surface area contributed by atoms with E-state index in [1.807, 2.05) is 0 Å². The smallest absolute Gasteiger partial charge is 0.0275 e. The first-order valence-electron chi connectivity index (χ1n) is 4.88. The molecule has 1 N–H and O–H groups in total. The van der Waals surface area contributed by atoms with Crippen LogP contribution in [0.15, 0.2) is 0 Å². The minimum absolute atomic E-state index is 0.325. The molecule has 2 heteroatoms. The summed E-state index contributed by atoms with van der Waals surface area (Å²) in [5.41, 5.74) is 0.325. The summed E-state index contributed by atoms with van der Waals surface area (Å²) in [7, 11) is 2.22. The van der Waals surface area contributed by atoms with Gasteiger partial charge in [0.05, 0.1) is 0 Å². The molecule has 1 heterocycles. The zero-order chi connectivity index (χ0) is 9.35. The average molecular weight is 170 g/mol. The van der Waals surface area contributed by atoms with Gasteiger partial charge in [-0.1, -0.05) is 13.8 Å². The molecule has 1 unspecified atom stereocenters. The van der Waals surface area contributed by atoms with E-state index < -0.39 is 0 Å². The Kier molecular flexibility index (Phi) is 2.79. The van der Waals surface area contributed by atoms with Gasteiger partial charge in [-0.2, -0.15) is 0 Å². The zero-order valence-electron chi connectivity index (χ0n) is 9.02. The monoisotopic (exact) mass is 170 g/mol. The number of nitrogens with one attached hydrogen (secondary N) is 1. The van der Waals surface area contributed by atoms with Gasteiger partial charge in [0.2, 0.25) is 0 Å². The Balaban J connectivity index is 2.52. The summed E-state index contributed by atoms with van der Waals surface area (Å²) in [6.07, 6.45) is 0. The van der Waals surface area contributed by atoms with Crippen molar-refractivity contribution >= 4 is 0 Å². The number of likely N-dealkylation sites (N-methyl/N-ethyl adjacent to an activating group) is 1. The minimum Gasteiger partial charge on any atom is -0.311 e. The lowest BCUT2D eigenvalue weighted by Gasteiger charge is -2.45. The van der Waals surface area contributed by atoms with E-state index in [-0.39, 0.29) is 0 Å². The van der Waals surface area contributed by atoms with Crippen molar-refractivity contribution in [2.24, 2.45) is 5.92 Å². The number of nitrogens with zero attached hydrogens (tertiary/aromatic N) is 1. The molecule has 1 atom stereocenters. The van der Waals surface area contributed by atoms with E-state index in [2.05, 4.69) is 45.0 Å². The minimum atomic E-state index is 0.325. The van der Waals surface area contributed by atoms with Gasteiger partial charge in [-0.05, 0) is 26.8 Å². The fourth-order valence-electron chi connectivity index (χ4n) is 1.57. The van der Waals surface area contributed by atoms with Gasteiger partial charge in [-0.25, -0.2) is 0 Å². The van der Waals surface area contributed by atoms with Gasteiger partial charge in [0.15, 0.2) is 0 Å². The first-order valence-corrected chi connectivity index (χ1v) is 4.88. The van der Waals surface area contributed by atoms with Crippen LogP contribution in [0.25, 0.3) is 0 Å². The van der Waals surface area contributed by atoms with Crippen LogP contribution < -0.4 is 5.32 Å². The van der Waals surface area contributed by atoms with E-state index in [9.17, 15) is 0 Å². The van der Waals surface area contributed by atoms with Crippen molar-refractivity contribution in [1.82, 2.24) is 10.2 Å². The van der Waals surface area contributed by atoms with Crippen molar-refractivity contribution in [2.45, 2.75) is 39.3 Å². The SMILES string of the molecule is CC(C)C1CN(C)C(C)(C)CN1. The standard InChI is InChI=1S/C10H22N2/c1-8(2)9-6-12(5)10(3,4)7-11-9/h8-9,11H,6-7H2,1-5H3. The molecule has 0 amide bonds. The molecule has 0 bridgehead atoms. The summed E-state index contributed by atoms with van der Waals surface area (Å²) in [4.78, 5) is 2.45. The fraction of sp³-hybridized carbons (Fsp3) is 1.00. The molecule has 0 spiro atoms. The maximum absolute atomic E-state index is 3.60. The average Bonchev–Trinajstić information content (AvgIpc) is 1.94. The molecule has 0 radical (unpaired) electrons. The second-order valence-electron chi connectivity index (χ2n) is 4.92. The predicted molar refractivity (Wildman–Crippen MR) is 53.3 cm³/mol. The highest BCUT2D eigenvalue weighted by Gasteiger charge is 2.31. The van der Waals surface area contributed by atoms with Crippen LogP contribution in [0.1, 0.15) is 27.7 Å². The molecule has 0 aromatic heterocycles. The molecular weight excluding hydrogens is 148 g/mol. The first-order chi connectivity index (χ1) is 5.43. The second kappa shape index (κ2) is 3.35. The molecule has 72 valence electrons. The predicted octanol–water partition coefficient (Wildman–Crippen LogP) is 1.32. The summed E-state index contributed by atoms with van der Waals surface area (Å²) in [5, 5.41) is 3.60. The van der Waals surface area contributed by atoms with Gasteiger partial charge in [0, 0.05) is 24.7 Å². The van der Waals surface area contributed by atoms with Crippen molar-refractivity contribution in [3.63, 3.8) is 0 Å². The highest BCUT2D eigenvalue weighted by atomic mass is 15.2. The molecular formula is C10H22N2. The molecule has 1 fully saturated rings. The van der Waals surface area contributed by atoms with Gasteiger partial charge >= 0.3 is 0 Å². The molecule has 12 heavy (non-hydrogen) atoms. The Morgan fingerprint density at radius 2 is 2.00 bits per heavy atom. The van der Waals surface area contributed by atoms with Gasteiger partial charge < -0.3 is 5.32 Å². The molecule has 0 saturated carbocycles. The van der Waals surface area contributed by atoms with Crippen LogP contribution >= 0.6 is 0 Å². The Bertz CT molecular complexity index is 152. The lowest BCUT2D eigenvalue weighted by atomic mass is 9.94. The van der Waals surface area contributed by atoms with E-state index in [1.165, 1.54) is 6.54 Å². The van der Waals surface area contributed by atoms with Crippen LogP contribution in [-0.2, 0) is 0 Å².